The number of aromatic amines is 1. The Morgan fingerprint density at radius 1 is 0.932 bits per heavy atom. The number of piperidine rings is 1. The molecular formula is C33H38N2O9. The quantitative estimate of drug-likeness (QED) is 0.297. The average molecular weight is 607 g/mol. The number of hydrogen-bond acceptors (Lipinski definition) is 10. The average Bonchev–Trinajstić information content (AvgIpc) is 3.43. The van der Waals surface area contributed by atoms with Gasteiger partial charge in [-0.25, -0.2) is 4.79 Å². The molecule has 1 N–H and O–H groups in total. The van der Waals surface area contributed by atoms with Crippen LogP contribution in [0.5, 0.6) is 23.0 Å². The molecule has 1 aliphatic carbocycles. The van der Waals surface area contributed by atoms with Gasteiger partial charge in [0.05, 0.1) is 53.1 Å². The molecule has 1 saturated heterocycles. The van der Waals surface area contributed by atoms with E-state index in [1.807, 2.05) is 18.2 Å². The molecule has 1 aromatic heterocycles. The first-order valence-corrected chi connectivity index (χ1v) is 14.6. The number of ether oxygens (including phenoxy) is 7. The molecule has 0 amide bonds. The van der Waals surface area contributed by atoms with E-state index >= 15 is 0 Å². The molecule has 11 heteroatoms. The number of fused-ring (bicyclic) bond motifs is 6. The zero-order valence-electron chi connectivity index (χ0n) is 25.8. The molecule has 6 rings (SSSR count). The summed E-state index contributed by atoms with van der Waals surface area (Å²) < 4.78 is 38.9. The van der Waals surface area contributed by atoms with Crippen molar-refractivity contribution in [2.75, 3.05) is 55.7 Å². The fourth-order valence-corrected chi connectivity index (χ4v) is 7.23. The molecule has 3 aromatic rings. The minimum Gasteiger partial charge on any atom is -0.497 e. The van der Waals surface area contributed by atoms with Crippen LogP contribution in [0.3, 0.4) is 0 Å². The lowest BCUT2D eigenvalue weighted by atomic mass is 9.69. The van der Waals surface area contributed by atoms with Crippen molar-refractivity contribution in [3.63, 3.8) is 0 Å². The van der Waals surface area contributed by atoms with Crippen LogP contribution in [0.4, 0.5) is 0 Å². The molecule has 0 spiro atoms. The topological polar surface area (TPSA) is 118 Å². The highest BCUT2D eigenvalue weighted by Gasteiger charge is 2.51. The number of H-pyrrole nitrogens is 1. The van der Waals surface area contributed by atoms with E-state index in [4.69, 9.17) is 33.2 Å². The maximum absolute atomic E-state index is 13.5. The number of benzene rings is 2. The molecule has 2 aromatic carbocycles. The Hall–Kier alpha value is -4.22. The van der Waals surface area contributed by atoms with Crippen molar-refractivity contribution in [1.29, 1.82) is 0 Å². The first-order chi connectivity index (χ1) is 21.3. The summed E-state index contributed by atoms with van der Waals surface area (Å²) in [5.41, 5.74) is 4.77. The van der Waals surface area contributed by atoms with E-state index in [-0.39, 0.29) is 17.5 Å². The first-order valence-electron chi connectivity index (χ1n) is 14.6. The molecule has 5 unspecified atom stereocenters. The standard InChI is InChI=1S/C33H38N2O9/c1-38-19-7-8-20-21-9-10-35-16-18-13-27(44-32(36)17-11-25(39-2)30(41-4)26(12-17)40-3)31(42-5)28(33(37)43-6)22(18)15-24(35)29(21)34-23(20)14-19/h7-8,11-14,22,24,27-28,31,34H,9-10,15-16H2,1-6H3. The summed E-state index contributed by atoms with van der Waals surface area (Å²) in [6, 6.07) is 9.28. The van der Waals surface area contributed by atoms with Crippen molar-refractivity contribution in [3.8, 4) is 23.0 Å². The number of rotatable bonds is 8. The van der Waals surface area contributed by atoms with Gasteiger partial charge >= 0.3 is 11.9 Å². The van der Waals surface area contributed by atoms with Crippen molar-refractivity contribution in [3.05, 3.63) is 58.8 Å². The molecule has 44 heavy (non-hydrogen) atoms. The van der Waals surface area contributed by atoms with Gasteiger partial charge in [-0.15, -0.1) is 0 Å². The third kappa shape index (κ3) is 4.93. The fourth-order valence-electron chi connectivity index (χ4n) is 7.23. The van der Waals surface area contributed by atoms with Gasteiger partial charge in [0.2, 0.25) is 5.75 Å². The van der Waals surface area contributed by atoms with Gasteiger partial charge in [-0.3, -0.25) is 9.69 Å². The number of aromatic nitrogens is 1. The Morgan fingerprint density at radius 2 is 1.68 bits per heavy atom. The second-order valence-electron chi connectivity index (χ2n) is 11.3. The van der Waals surface area contributed by atoms with E-state index in [2.05, 4.69) is 16.0 Å². The maximum Gasteiger partial charge on any atom is 0.339 e. The molecule has 234 valence electrons. The van der Waals surface area contributed by atoms with Gasteiger partial charge in [-0.2, -0.15) is 0 Å². The van der Waals surface area contributed by atoms with Gasteiger partial charge in [0, 0.05) is 42.9 Å². The summed E-state index contributed by atoms with van der Waals surface area (Å²) >= 11 is 0. The van der Waals surface area contributed by atoms with E-state index in [0.717, 1.165) is 29.8 Å². The summed E-state index contributed by atoms with van der Waals surface area (Å²) in [5, 5.41) is 1.20. The number of methoxy groups -OCH3 is 6. The van der Waals surface area contributed by atoms with Crippen LogP contribution in [0.25, 0.3) is 10.9 Å². The molecule has 3 heterocycles. The van der Waals surface area contributed by atoms with Crippen LogP contribution in [-0.4, -0.2) is 89.8 Å². The molecule has 0 saturated carbocycles. The predicted molar refractivity (Wildman–Crippen MR) is 161 cm³/mol. The second kappa shape index (κ2) is 12.0. The molecule has 0 bridgehead atoms. The van der Waals surface area contributed by atoms with Crippen LogP contribution in [0.2, 0.25) is 0 Å². The highest BCUT2D eigenvalue weighted by atomic mass is 16.6. The van der Waals surface area contributed by atoms with Gasteiger partial charge in [-0.1, -0.05) is 5.57 Å². The van der Waals surface area contributed by atoms with Gasteiger partial charge in [0.1, 0.15) is 18.0 Å². The lowest BCUT2D eigenvalue weighted by Gasteiger charge is -2.49. The fraction of sp³-hybridized carbons (Fsp3) is 0.455. The summed E-state index contributed by atoms with van der Waals surface area (Å²) in [7, 11) is 9.02. The highest BCUT2D eigenvalue weighted by molar-refractivity contribution is 5.91. The van der Waals surface area contributed by atoms with Crippen molar-refractivity contribution in [1.82, 2.24) is 9.88 Å². The van der Waals surface area contributed by atoms with Crippen molar-refractivity contribution in [2.24, 2.45) is 11.8 Å². The predicted octanol–water partition coefficient (Wildman–Crippen LogP) is 4.09. The van der Waals surface area contributed by atoms with Gasteiger partial charge in [0.15, 0.2) is 11.5 Å². The summed E-state index contributed by atoms with van der Waals surface area (Å²) in [5.74, 6) is -0.00616. The van der Waals surface area contributed by atoms with E-state index in [9.17, 15) is 9.59 Å². The van der Waals surface area contributed by atoms with Crippen molar-refractivity contribution in [2.45, 2.75) is 31.1 Å². The largest absolute Gasteiger partial charge is 0.497 e. The zero-order valence-corrected chi connectivity index (χ0v) is 25.8. The van der Waals surface area contributed by atoms with Gasteiger partial charge < -0.3 is 38.1 Å². The zero-order chi connectivity index (χ0) is 31.1. The third-order valence-electron chi connectivity index (χ3n) is 9.29. The number of esters is 2. The Labute approximate surface area is 255 Å². The normalized spacial score (nSPS) is 24.3. The molecule has 1 fully saturated rings. The van der Waals surface area contributed by atoms with Crippen LogP contribution in [0.1, 0.15) is 34.1 Å². The molecule has 2 aliphatic heterocycles. The first kappa shape index (κ1) is 29.8. The monoisotopic (exact) mass is 606 g/mol. The van der Waals surface area contributed by atoms with Crippen LogP contribution in [0.15, 0.2) is 42.0 Å². The Balaban J connectivity index is 1.33. The Bertz CT molecular complexity index is 1590. The maximum atomic E-state index is 13.5. The minimum absolute atomic E-state index is 0.0855. The lowest BCUT2D eigenvalue weighted by molar-refractivity contribution is -0.159. The van der Waals surface area contributed by atoms with Crippen LogP contribution >= 0.6 is 0 Å². The second-order valence-corrected chi connectivity index (χ2v) is 11.3. The SMILES string of the molecule is COC(=O)C1C2CC3c4[nH]c5cc(OC)ccc5c4CCN3CC2=CC(OC(=O)c2cc(OC)c(OC)c(OC)c2)C1OC. The molecule has 5 atom stereocenters. The molecular weight excluding hydrogens is 568 g/mol. The highest BCUT2D eigenvalue weighted by Crippen LogP contribution is 2.49. The Kier molecular flexibility index (Phi) is 8.17. The summed E-state index contributed by atoms with van der Waals surface area (Å²) in [6.45, 7) is 1.50. The number of nitrogens with one attached hydrogen (secondary N) is 1. The Morgan fingerprint density at radius 3 is 2.32 bits per heavy atom. The summed E-state index contributed by atoms with van der Waals surface area (Å²) in [4.78, 5) is 33.0. The number of hydrogen-bond donors (Lipinski definition) is 1. The van der Waals surface area contributed by atoms with Crippen molar-refractivity contribution >= 4 is 22.8 Å². The minimum atomic E-state index is -0.820. The number of carbonyl (C=O) groups excluding carboxylic acids is 2. The van der Waals surface area contributed by atoms with Crippen LogP contribution < -0.4 is 18.9 Å². The number of carbonyl (C=O) groups is 2. The molecule has 3 aliphatic rings. The lowest BCUT2D eigenvalue weighted by Crippen LogP contribution is -2.53. The van der Waals surface area contributed by atoms with E-state index < -0.39 is 30.1 Å². The number of nitrogens with zero attached hydrogens (tertiary/aromatic N) is 1. The third-order valence-corrected chi connectivity index (χ3v) is 9.29. The van der Waals surface area contributed by atoms with E-state index in [0.29, 0.717) is 30.2 Å². The van der Waals surface area contributed by atoms with E-state index in [1.165, 1.54) is 64.3 Å². The van der Waals surface area contributed by atoms with Gasteiger partial charge in [0.25, 0.3) is 0 Å². The van der Waals surface area contributed by atoms with Crippen LogP contribution in [0, 0.1) is 11.8 Å². The smallest absolute Gasteiger partial charge is 0.339 e. The van der Waals surface area contributed by atoms with Gasteiger partial charge in [-0.05, 0) is 54.7 Å². The molecule has 11 nitrogen and oxygen atoms in total. The van der Waals surface area contributed by atoms with Crippen molar-refractivity contribution < 1.29 is 42.7 Å². The molecule has 0 radical (unpaired) electrons. The van der Waals surface area contributed by atoms with E-state index in [1.54, 1.807) is 7.11 Å². The van der Waals surface area contributed by atoms with Crippen LogP contribution in [-0.2, 0) is 25.4 Å². The summed E-state index contributed by atoms with van der Waals surface area (Å²) in [6.07, 6.45) is 1.98.